The molecule has 2 atom stereocenters. The van der Waals surface area contributed by atoms with E-state index >= 15 is 0 Å². The summed E-state index contributed by atoms with van der Waals surface area (Å²) in [5.41, 5.74) is 0. The number of nitrogens with one attached hydrogen (secondary N) is 1. The summed E-state index contributed by atoms with van der Waals surface area (Å²) in [5.74, 6) is 0.185. The first kappa shape index (κ1) is 19.2. The van der Waals surface area contributed by atoms with Gasteiger partial charge >= 0.3 is 0 Å². The molecular weight excluding hydrogens is 400 g/mol. The molecule has 4 nitrogen and oxygen atoms in total. The highest BCUT2D eigenvalue weighted by molar-refractivity contribution is 9.10. The summed E-state index contributed by atoms with van der Waals surface area (Å²) in [7, 11) is -1.14. The normalized spacial score (nSPS) is 27.0. The van der Waals surface area contributed by atoms with Gasteiger partial charge in [-0.3, -0.25) is 0 Å². The Morgan fingerprint density at radius 3 is 2.30 bits per heavy atom. The van der Waals surface area contributed by atoms with E-state index in [9.17, 15) is 8.42 Å². The number of sulfone groups is 1. The van der Waals surface area contributed by atoms with Gasteiger partial charge < -0.3 is 10.2 Å². The number of rotatable bonds is 5. The minimum absolute atomic E-state index is 0. The van der Waals surface area contributed by atoms with Crippen molar-refractivity contribution < 1.29 is 8.42 Å². The lowest BCUT2D eigenvalue weighted by atomic mass is 9.99. The van der Waals surface area contributed by atoms with Crippen LogP contribution in [-0.2, 0) is 9.84 Å². The van der Waals surface area contributed by atoms with Gasteiger partial charge in [-0.2, -0.15) is 0 Å². The monoisotopic (exact) mass is 422 g/mol. The summed E-state index contributed by atoms with van der Waals surface area (Å²) in [6.07, 6.45) is 4.83. The maximum Gasteiger partial charge on any atom is 0.179 e. The van der Waals surface area contributed by atoms with Crippen molar-refractivity contribution in [3.8, 4) is 0 Å². The Morgan fingerprint density at radius 2 is 1.74 bits per heavy atom. The van der Waals surface area contributed by atoms with Crippen molar-refractivity contribution >= 4 is 38.2 Å². The number of benzene rings is 1. The standard InChI is InChI=1S/C16H23BrN2O2S.ClH/c1-19(15-10-13-4-5-14(11-15)18-13)8-9-22(20,21)16-6-2-12(17)3-7-16;/h2-3,6-7,13-15,18H,4-5,8-11H2,1H3;1H. The molecule has 130 valence electrons. The predicted molar refractivity (Wildman–Crippen MR) is 99.0 cm³/mol. The van der Waals surface area contributed by atoms with E-state index in [1.807, 2.05) is 0 Å². The van der Waals surface area contributed by atoms with Gasteiger partial charge in [0.05, 0.1) is 10.6 Å². The molecule has 0 spiro atoms. The van der Waals surface area contributed by atoms with Crippen LogP contribution in [0.3, 0.4) is 0 Å². The fraction of sp³-hybridized carbons (Fsp3) is 0.625. The van der Waals surface area contributed by atoms with E-state index < -0.39 is 9.84 Å². The van der Waals surface area contributed by atoms with Crippen LogP contribution in [0.1, 0.15) is 25.7 Å². The number of hydrogen-bond acceptors (Lipinski definition) is 4. The first-order valence-corrected chi connectivity index (χ1v) is 10.3. The SMILES string of the molecule is CN(CCS(=O)(=O)c1ccc(Br)cc1)C1CC2CCC(C1)N2.Cl. The third-order valence-electron chi connectivity index (χ3n) is 4.96. The second-order valence-corrected chi connectivity index (χ2v) is 9.54. The maximum atomic E-state index is 12.4. The average Bonchev–Trinajstić information content (AvgIpc) is 2.83. The molecule has 0 aromatic heterocycles. The van der Waals surface area contributed by atoms with Crippen molar-refractivity contribution in [2.75, 3.05) is 19.3 Å². The van der Waals surface area contributed by atoms with Crippen LogP contribution in [0, 0.1) is 0 Å². The van der Waals surface area contributed by atoms with Gasteiger partial charge in [0.25, 0.3) is 0 Å². The molecule has 2 aliphatic rings. The number of fused-ring (bicyclic) bond motifs is 2. The van der Waals surface area contributed by atoms with E-state index in [2.05, 4.69) is 33.2 Å². The molecule has 1 N–H and O–H groups in total. The number of piperidine rings is 1. The molecule has 7 heteroatoms. The molecule has 0 radical (unpaired) electrons. The summed E-state index contributed by atoms with van der Waals surface area (Å²) in [5, 5.41) is 3.63. The Hall–Kier alpha value is -0.140. The Morgan fingerprint density at radius 1 is 1.17 bits per heavy atom. The maximum absolute atomic E-state index is 12.4. The quantitative estimate of drug-likeness (QED) is 0.791. The van der Waals surface area contributed by atoms with Crippen LogP contribution >= 0.6 is 28.3 Å². The molecule has 1 aromatic rings. The van der Waals surface area contributed by atoms with Crippen molar-refractivity contribution in [3.63, 3.8) is 0 Å². The zero-order valence-electron chi connectivity index (χ0n) is 13.2. The fourth-order valence-electron chi connectivity index (χ4n) is 3.59. The largest absolute Gasteiger partial charge is 0.311 e. The van der Waals surface area contributed by atoms with E-state index in [0.29, 0.717) is 29.6 Å². The van der Waals surface area contributed by atoms with Crippen molar-refractivity contribution in [1.29, 1.82) is 0 Å². The first-order valence-electron chi connectivity index (χ1n) is 7.88. The zero-order valence-corrected chi connectivity index (χ0v) is 16.5. The number of halogens is 2. The Kier molecular flexibility index (Phi) is 6.53. The molecule has 0 saturated carbocycles. The smallest absolute Gasteiger partial charge is 0.179 e. The van der Waals surface area contributed by atoms with E-state index in [1.165, 1.54) is 12.8 Å². The second-order valence-electron chi connectivity index (χ2n) is 6.52. The van der Waals surface area contributed by atoms with Gasteiger partial charge in [-0.15, -0.1) is 12.4 Å². The van der Waals surface area contributed by atoms with Crippen molar-refractivity contribution in [3.05, 3.63) is 28.7 Å². The van der Waals surface area contributed by atoms with Gasteiger partial charge in [0, 0.05) is 29.1 Å². The average molecular weight is 424 g/mol. The Balaban J connectivity index is 0.00000192. The Labute approximate surface area is 153 Å². The van der Waals surface area contributed by atoms with Crippen LogP contribution in [0.5, 0.6) is 0 Å². The summed E-state index contributed by atoms with van der Waals surface area (Å²) in [4.78, 5) is 2.65. The van der Waals surface area contributed by atoms with Gasteiger partial charge in [-0.05, 0) is 57.0 Å². The van der Waals surface area contributed by atoms with E-state index in [1.54, 1.807) is 24.3 Å². The van der Waals surface area contributed by atoms with Gasteiger partial charge in [-0.25, -0.2) is 8.42 Å². The summed E-state index contributed by atoms with van der Waals surface area (Å²) in [6, 6.07) is 8.68. The van der Waals surface area contributed by atoms with Gasteiger partial charge in [0.1, 0.15) is 0 Å². The molecule has 2 unspecified atom stereocenters. The van der Waals surface area contributed by atoms with Gasteiger partial charge in [-0.1, -0.05) is 15.9 Å². The van der Waals surface area contributed by atoms with Crippen molar-refractivity contribution in [2.45, 2.75) is 48.7 Å². The molecule has 1 aromatic carbocycles. The molecule has 2 aliphatic heterocycles. The molecule has 0 amide bonds. The van der Waals surface area contributed by atoms with Crippen LogP contribution in [-0.4, -0.2) is 50.8 Å². The van der Waals surface area contributed by atoms with Gasteiger partial charge in [0.2, 0.25) is 0 Å². The predicted octanol–water partition coefficient (Wildman–Crippen LogP) is 2.86. The second kappa shape index (κ2) is 7.83. The summed E-state index contributed by atoms with van der Waals surface area (Å²) in [6.45, 7) is 0.600. The molecule has 23 heavy (non-hydrogen) atoms. The van der Waals surface area contributed by atoms with Gasteiger partial charge in [0.15, 0.2) is 9.84 Å². The fourth-order valence-corrected chi connectivity index (χ4v) is 5.17. The van der Waals surface area contributed by atoms with E-state index in [4.69, 9.17) is 0 Å². The molecule has 2 fully saturated rings. The topological polar surface area (TPSA) is 49.4 Å². The number of nitrogens with zero attached hydrogens (tertiary/aromatic N) is 1. The highest BCUT2D eigenvalue weighted by Crippen LogP contribution is 2.29. The van der Waals surface area contributed by atoms with Crippen LogP contribution in [0.4, 0.5) is 0 Å². The van der Waals surface area contributed by atoms with E-state index in [0.717, 1.165) is 17.3 Å². The highest BCUT2D eigenvalue weighted by Gasteiger charge is 2.35. The minimum atomic E-state index is -3.20. The molecule has 3 rings (SSSR count). The van der Waals surface area contributed by atoms with Crippen LogP contribution < -0.4 is 5.32 Å². The first-order chi connectivity index (χ1) is 10.4. The zero-order chi connectivity index (χ0) is 15.7. The lowest BCUT2D eigenvalue weighted by molar-refractivity contribution is 0.180. The molecule has 0 aliphatic carbocycles. The third kappa shape index (κ3) is 4.69. The molecule has 2 bridgehead atoms. The van der Waals surface area contributed by atoms with Crippen LogP contribution in [0.2, 0.25) is 0 Å². The highest BCUT2D eigenvalue weighted by atomic mass is 79.9. The van der Waals surface area contributed by atoms with Crippen molar-refractivity contribution in [1.82, 2.24) is 10.2 Å². The number of hydrogen-bond donors (Lipinski definition) is 1. The lowest BCUT2D eigenvalue weighted by Gasteiger charge is -2.35. The van der Waals surface area contributed by atoms with E-state index in [-0.39, 0.29) is 18.2 Å². The molecular formula is C16H24BrClN2O2S. The van der Waals surface area contributed by atoms with Crippen LogP contribution in [0.25, 0.3) is 0 Å². The summed E-state index contributed by atoms with van der Waals surface area (Å²) < 4.78 is 25.7. The summed E-state index contributed by atoms with van der Waals surface area (Å²) >= 11 is 3.33. The molecule has 2 heterocycles. The third-order valence-corrected chi connectivity index (χ3v) is 7.20. The Bertz CT molecular complexity index is 611. The lowest BCUT2D eigenvalue weighted by Crippen LogP contribution is -2.47. The molecule has 2 saturated heterocycles. The minimum Gasteiger partial charge on any atom is -0.311 e. The van der Waals surface area contributed by atoms with Crippen LogP contribution in [0.15, 0.2) is 33.6 Å². The van der Waals surface area contributed by atoms with Crippen molar-refractivity contribution in [2.24, 2.45) is 0 Å².